The van der Waals surface area contributed by atoms with E-state index in [9.17, 15) is 9.90 Å². The van der Waals surface area contributed by atoms with E-state index in [2.05, 4.69) is 17.1 Å². The Kier molecular flexibility index (Phi) is 7.49. The number of aliphatic hydroxyl groups excluding tert-OH is 1. The van der Waals surface area contributed by atoms with Gasteiger partial charge < -0.3 is 30.1 Å². The summed E-state index contributed by atoms with van der Waals surface area (Å²) in [5.74, 6) is 2.04. The van der Waals surface area contributed by atoms with E-state index >= 15 is 0 Å². The van der Waals surface area contributed by atoms with Gasteiger partial charge in [0.05, 0.1) is 32.3 Å². The first kappa shape index (κ1) is 25.5. The monoisotopic (exact) mass is 493 g/mol. The highest BCUT2D eigenvalue weighted by Gasteiger charge is 2.39. The van der Waals surface area contributed by atoms with Crippen molar-refractivity contribution in [2.45, 2.75) is 37.7 Å². The number of piperidine rings is 1. The van der Waals surface area contributed by atoms with Crippen LogP contribution in [0.2, 0.25) is 0 Å². The predicted octanol–water partition coefficient (Wildman–Crippen LogP) is 3.00. The molecule has 0 bridgehead atoms. The molecule has 1 amide bonds. The highest BCUT2D eigenvalue weighted by molar-refractivity contribution is 5.91. The fraction of sp³-hybridized carbons (Fsp3) is 0.444. The Balaban J connectivity index is 1.63. The smallest absolute Gasteiger partial charge is 0.227 e. The van der Waals surface area contributed by atoms with E-state index in [4.69, 9.17) is 20.2 Å². The van der Waals surface area contributed by atoms with Crippen LogP contribution < -0.4 is 20.1 Å². The molecule has 0 radical (unpaired) electrons. The Labute approximate surface area is 211 Å². The quantitative estimate of drug-likeness (QED) is 0.492. The Hall–Kier alpha value is -3.59. The lowest BCUT2D eigenvalue weighted by Gasteiger charge is -2.44. The molecule has 9 heteroatoms. The summed E-state index contributed by atoms with van der Waals surface area (Å²) in [4.78, 5) is 25.9. The van der Waals surface area contributed by atoms with Crippen LogP contribution in [0.5, 0.6) is 11.5 Å². The molecule has 1 saturated heterocycles. The molecule has 192 valence electrons. The van der Waals surface area contributed by atoms with Crippen molar-refractivity contribution in [2.24, 2.45) is 0 Å². The maximum atomic E-state index is 12.6. The van der Waals surface area contributed by atoms with Gasteiger partial charge in [-0.1, -0.05) is 30.3 Å². The Morgan fingerprint density at radius 2 is 1.78 bits per heavy atom. The van der Waals surface area contributed by atoms with Gasteiger partial charge in [0.2, 0.25) is 11.9 Å². The number of ether oxygens (including phenoxy) is 2. The minimum atomic E-state index is -0.640. The summed E-state index contributed by atoms with van der Waals surface area (Å²) < 4.78 is 10.8. The molecule has 9 nitrogen and oxygen atoms in total. The van der Waals surface area contributed by atoms with E-state index < -0.39 is 6.10 Å². The number of aromatic nitrogens is 2. The van der Waals surface area contributed by atoms with Crippen molar-refractivity contribution in [1.29, 1.82) is 0 Å². The molecular weight excluding hydrogens is 458 g/mol. The van der Waals surface area contributed by atoms with E-state index in [1.54, 1.807) is 27.2 Å². The molecule has 2 aromatic carbocycles. The van der Waals surface area contributed by atoms with Crippen LogP contribution in [-0.2, 0) is 10.2 Å². The van der Waals surface area contributed by atoms with Gasteiger partial charge in [0.1, 0.15) is 5.82 Å². The summed E-state index contributed by atoms with van der Waals surface area (Å²) in [6.07, 6.45) is 1.09. The van der Waals surface area contributed by atoms with E-state index in [0.717, 1.165) is 12.8 Å². The fourth-order valence-corrected chi connectivity index (χ4v) is 5.06. The van der Waals surface area contributed by atoms with Gasteiger partial charge in [0.15, 0.2) is 11.5 Å². The molecule has 3 N–H and O–H groups in total. The molecule has 36 heavy (non-hydrogen) atoms. The standard InChI is InChI=1S/C27H35N5O4/c1-18(33)14-24(34)32-12-10-27(11-13-32,19-8-6-5-7-9-19)17-31(2)26-29-21-16-23(36-4)22(35-3)15-20(21)25(28)30-26/h5-9,15-16,18,33H,10-14,17H2,1-4H3,(H2,28,29,30)/t18-/m1/s1. The van der Waals surface area contributed by atoms with Crippen LogP contribution in [0.4, 0.5) is 11.8 Å². The number of amides is 1. The maximum absolute atomic E-state index is 12.6. The average Bonchev–Trinajstić information content (AvgIpc) is 2.88. The molecule has 1 aromatic heterocycles. The number of likely N-dealkylation sites (tertiary alicyclic amines) is 1. The lowest BCUT2D eigenvalue weighted by Crippen LogP contribution is -2.50. The Bertz CT molecular complexity index is 1210. The van der Waals surface area contributed by atoms with Crippen LogP contribution in [-0.4, -0.2) is 72.9 Å². The van der Waals surface area contributed by atoms with Gasteiger partial charge in [0, 0.05) is 43.5 Å². The second-order valence-corrected chi connectivity index (χ2v) is 9.57. The molecule has 0 unspecified atom stereocenters. The number of nitrogens with two attached hydrogens (primary N) is 1. The number of carbonyl (C=O) groups excluding carboxylic acids is 1. The molecule has 1 aliphatic rings. The van der Waals surface area contributed by atoms with E-state index in [1.807, 2.05) is 41.1 Å². The Morgan fingerprint density at radius 1 is 1.14 bits per heavy atom. The number of fused-ring (bicyclic) bond motifs is 1. The molecule has 1 atom stereocenters. The van der Waals surface area contributed by atoms with Crippen LogP contribution in [0.15, 0.2) is 42.5 Å². The number of aliphatic hydroxyl groups is 1. The van der Waals surface area contributed by atoms with Gasteiger partial charge >= 0.3 is 0 Å². The summed E-state index contributed by atoms with van der Waals surface area (Å²) in [6, 6.07) is 14.0. The number of anilines is 2. The van der Waals surface area contributed by atoms with Crippen molar-refractivity contribution in [1.82, 2.24) is 14.9 Å². The van der Waals surface area contributed by atoms with Crippen molar-refractivity contribution in [3.8, 4) is 11.5 Å². The van der Waals surface area contributed by atoms with Crippen LogP contribution in [0.1, 0.15) is 31.7 Å². The molecule has 0 aliphatic carbocycles. The summed E-state index contributed by atoms with van der Waals surface area (Å²) >= 11 is 0. The fourth-order valence-electron chi connectivity index (χ4n) is 5.06. The Morgan fingerprint density at radius 3 is 2.39 bits per heavy atom. The first-order valence-electron chi connectivity index (χ1n) is 12.2. The minimum Gasteiger partial charge on any atom is -0.493 e. The average molecular weight is 494 g/mol. The normalized spacial score (nSPS) is 16.0. The number of methoxy groups -OCH3 is 2. The zero-order valence-electron chi connectivity index (χ0n) is 21.4. The second kappa shape index (κ2) is 10.6. The number of carbonyl (C=O) groups is 1. The molecular formula is C27H35N5O4. The number of likely N-dealkylation sites (N-methyl/N-ethyl adjacent to an activating group) is 1. The highest BCUT2D eigenvalue weighted by atomic mass is 16.5. The largest absolute Gasteiger partial charge is 0.493 e. The third-order valence-electron chi connectivity index (χ3n) is 7.03. The van der Waals surface area contributed by atoms with Gasteiger partial charge in [0.25, 0.3) is 0 Å². The first-order chi connectivity index (χ1) is 17.3. The molecule has 0 spiro atoms. The molecule has 1 fully saturated rings. The van der Waals surface area contributed by atoms with Crippen molar-refractivity contribution >= 4 is 28.6 Å². The maximum Gasteiger partial charge on any atom is 0.227 e. The number of hydrogen-bond acceptors (Lipinski definition) is 8. The number of hydrogen-bond donors (Lipinski definition) is 2. The van der Waals surface area contributed by atoms with E-state index in [0.29, 0.717) is 53.8 Å². The van der Waals surface area contributed by atoms with E-state index in [1.165, 1.54) is 5.56 Å². The van der Waals surface area contributed by atoms with Crippen LogP contribution in [0, 0.1) is 0 Å². The minimum absolute atomic E-state index is 0.00460. The molecule has 3 aromatic rings. The van der Waals surface area contributed by atoms with Crippen LogP contribution in [0.25, 0.3) is 10.9 Å². The van der Waals surface area contributed by atoms with Crippen molar-refractivity contribution in [3.05, 3.63) is 48.0 Å². The molecule has 2 heterocycles. The lowest BCUT2D eigenvalue weighted by atomic mass is 9.72. The SMILES string of the molecule is COc1cc2nc(N(C)CC3(c4ccccc4)CCN(C(=O)C[C@@H](C)O)CC3)nc(N)c2cc1OC. The number of nitrogens with zero attached hydrogens (tertiary/aromatic N) is 4. The topological polar surface area (TPSA) is 114 Å². The third kappa shape index (κ3) is 5.16. The van der Waals surface area contributed by atoms with Gasteiger partial charge in [-0.15, -0.1) is 0 Å². The van der Waals surface area contributed by atoms with Crippen molar-refractivity contribution in [3.63, 3.8) is 0 Å². The number of nitrogen functional groups attached to an aromatic ring is 1. The van der Waals surface area contributed by atoms with Gasteiger partial charge in [-0.25, -0.2) is 4.98 Å². The third-order valence-corrected chi connectivity index (χ3v) is 7.03. The summed E-state index contributed by atoms with van der Waals surface area (Å²) in [5.41, 5.74) is 8.04. The first-order valence-corrected chi connectivity index (χ1v) is 12.2. The van der Waals surface area contributed by atoms with Gasteiger partial charge in [-0.3, -0.25) is 4.79 Å². The zero-order chi connectivity index (χ0) is 25.9. The highest BCUT2D eigenvalue weighted by Crippen LogP contribution is 2.38. The van der Waals surface area contributed by atoms with Crippen LogP contribution in [0.3, 0.4) is 0 Å². The molecule has 1 aliphatic heterocycles. The molecule has 4 rings (SSSR count). The predicted molar refractivity (Wildman–Crippen MR) is 141 cm³/mol. The van der Waals surface area contributed by atoms with Gasteiger partial charge in [-0.05, 0) is 31.4 Å². The van der Waals surface area contributed by atoms with E-state index in [-0.39, 0.29) is 17.7 Å². The molecule has 0 saturated carbocycles. The number of benzene rings is 2. The number of rotatable bonds is 8. The zero-order valence-corrected chi connectivity index (χ0v) is 21.4. The van der Waals surface area contributed by atoms with Crippen molar-refractivity contribution < 1.29 is 19.4 Å². The van der Waals surface area contributed by atoms with Crippen LogP contribution >= 0.6 is 0 Å². The second-order valence-electron chi connectivity index (χ2n) is 9.57. The lowest BCUT2D eigenvalue weighted by molar-refractivity contribution is -0.134. The summed E-state index contributed by atoms with van der Waals surface area (Å²) in [7, 11) is 5.13. The van der Waals surface area contributed by atoms with Gasteiger partial charge in [-0.2, -0.15) is 4.98 Å². The summed E-state index contributed by atoms with van der Waals surface area (Å²) in [5, 5.41) is 10.3. The summed E-state index contributed by atoms with van der Waals surface area (Å²) in [6.45, 7) is 3.57. The van der Waals surface area contributed by atoms with Crippen molar-refractivity contribution in [2.75, 3.05) is 51.5 Å².